The van der Waals surface area contributed by atoms with Crippen molar-refractivity contribution in [3.8, 4) is 28.9 Å². The van der Waals surface area contributed by atoms with Gasteiger partial charge in [-0.2, -0.15) is 15.0 Å². The van der Waals surface area contributed by atoms with Crippen LogP contribution in [-0.2, 0) is 0 Å². The number of anilines is 1. The van der Waals surface area contributed by atoms with Crippen LogP contribution < -0.4 is 19.5 Å². The van der Waals surface area contributed by atoms with E-state index in [1.165, 1.54) is 0 Å². The van der Waals surface area contributed by atoms with E-state index in [0.717, 1.165) is 0 Å². The average Bonchev–Trinajstić information content (AvgIpc) is 2.53. The third-order valence-corrected chi connectivity index (χ3v) is 2.76. The predicted molar refractivity (Wildman–Crippen MR) is 79.1 cm³/mol. The van der Waals surface area contributed by atoms with Gasteiger partial charge in [-0.1, -0.05) is 6.07 Å². The summed E-state index contributed by atoms with van der Waals surface area (Å²) >= 11 is 0. The first-order chi connectivity index (χ1) is 10.2. The molecule has 21 heavy (non-hydrogen) atoms. The molecule has 0 bridgehead atoms. The highest BCUT2D eigenvalue weighted by atomic mass is 16.5. The summed E-state index contributed by atoms with van der Waals surface area (Å²) in [5, 5.41) is 2.89. The van der Waals surface area contributed by atoms with Crippen LogP contribution in [0.25, 0.3) is 11.4 Å². The average molecular weight is 290 g/mol. The fourth-order valence-corrected chi connectivity index (χ4v) is 1.85. The fraction of sp³-hybridized carbons (Fsp3) is 0.357. The van der Waals surface area contributed by atoms with Crippen molar-refractivity contribution in [3.05, 3.63) is 18.2 Å². The molecule has 0 radical (unpaired) electrons. The van der Waals surface area contributed by atoms with Gasteiger partial charge in [0.1, 0.15) is 0 Å². The number of para-hydroxylation sites is 1. The first-order valence-corrected chi connectivity index (χ1v) is 6.51. The largest absolute Gasteiger partial charge is 0.493 e. The van der Waals surface area contributed by atoms with Gasteiger partial charge in [-0.15, -0.1) is 0 Å². The standard InChI is InChI=1S/C14H18N4O3/c1-5-21-14-17-12(16-13(15-2)18-14)9-7-6-8-10(19-3)11(9)20-4/h6-8H,5H2,1-4H3,(H,15,16,17,18). The van der Waals surface area contributed by atoms with E-state index in [1.54, 1.807) is 21.3 Å². The van der Waals surface area contributed by atoms with Gasteiger partial charge in [-0.3, -0.25) is 0 Å². The zero-order valence-corrected chi connectivity index (χ0v) is 12.5. The summed E-state index contributed by atoms with van der Waals surface area (Å²) in [7, 11) is 4.89. The lowest BCUT2D eigenvalue weighted by molar-refractivity contribution is 0.312. The van der Waals surface area contributed by atoms with Crippen LogP contribution in [0.15, 0.2) is 18.2 Å². The highest BCUT2D eigenvalue weighted by Gasteiger charge is 2.16. The Morgan fingerprint density at radius 2 is 1.90 bits per heavy atom. The molecule has 0 aliphatic heterocycles. The van der Waals surface area contributed by atoms with Gasteiger partial charge in [0.05, 0.1) is 26.4 Å². The van der Waals surface area contributed by atoms with Crippen molar-refractivity contribution >= 4 is 5.95 Å². The van der Waals surface area contributed by atoms with E-state index in [9.17, 15) is 0 Å². The minimum absolute atomic E-state index is 0.261. The lowest BCUT2D eigenvalue weighted by Crippen LogP contribution is -2.05. The van der Waals surface area contributed by atoms with Crippen LogP contribution in [0.5, 0.6) is 17.5 Å². The third kappa shape index (κ3) is 3.13. The normalized spacial score (nSPS) is 10.1. The SMILES string of the molecule is CCOc1nc(NC)nc(-c2cccc(OC)c2OC)n1. The molecule has 0 unspecified atom stereocenters. The van der Waals surface area contributed by atoms with Crippen LogP contribution in [-0.4, -0.2) is 42.8 Å². The quantitative estimate of drug-likeness (QED) is 0.871. The van der Waals surface area contributed by atoms with E-state index in [1.807, 2.05) is 25.1 Å². The van der Waals surface area contributed by atoms with Gasteiger partial charge in [0.25, 0.3) is 0 Å². The molecule has 2 aromatic rings. The summed E-state index contributed by atoms with van der Waals surface area (Å²) in [6.45, 7) is 2.34. The maximum atomic E-state index is 5.41. The van der Waals surface area contributed by atoms with Crippen LogP contribution in [0, 0.1) is 0 Å². The van der Waals surface area contributed by atoms with E-state index in [-0.39, 0.29) is 6.01 Å². The number of aromatic nitrogens is 3. The van der Waals surface area contributed by atoms with Crippen molar-refractivity contribution in [2.75, 3.05) is 33.2 Å². The number of methoxy groups -OCH3 is 2. The Morgan fingerprint density at radius 3 is 2.52 bits per heavy atom. The van der Waals surface area contributed by atoms with Gasteiger partial charge in [0.15, 0.2) is 17.3 Å². The Labute approximate surface area is 123 Å². The number of ether oxygens (including phenoxy) is 3. The lowest BCUT2D eigenvalue weighted by atomic mass is 10.1. The molecule has 0 spiro atoms. The molecule has 1 heterocycles. The summed E-state index contributed by atoms with van der Waals surface area (Å²) in [6.07, 6.45) is 0. The topological polar surface area (TPSA) is 78.4 Å². The molecule has 0 saturated carbocycles. The summed E-state index contributed by atoms with van der Waals surface area (Å²) in [6, 6.07) is 5.77. The molecule has 0 saturated heterocycles. The Kier molecular flexibility index (Phi) is 4.76. The van der Waals surface area contributed by atoms with Gasteiger partial charge in [-0.25, -0.2) is 0 Å². The molecule has 7 nitrogen and oxygen atoms in total. The highest BCUT2D eigenvalue weighted by Crippen LogP contribution is 2.36. The van der Waals surface area contributed by atoms with Gasteiger partial charge < -0.3 is 19.5 Å². The summed E-state index contributed by atoms with van der Waals surface area (Å²) < 4.78 is 16.1. The first kappa shape index (κ1) is 14.8. The molecule has 0 aliphatic carbocycles. The van der Waals surface area contributed by atoms with Crippen molar-refractivity contribution in [2.24, 2.45) is 0 Å². The third-order valence-electron chi connectivity index (χ3n) is 2.76. The monoisotopic (exact) mass is 290 g/mol. The van der Waals surface area contributed by atoms with Crippen LogP contribution >= 0.6 is 0 Å². The van der Waals surface area contributed by atoms with Crippen molar-refractivity contribution < 1.29 is 14.2 Å². The van der Waals surface area contributed by atoms with Crippen LogP contribution in [0.2, 0.25) is 0 Å². The predicted octanol–water partition coefficient (Wildman–Crippen LogP) is 2.00. The maximum absolute atomic E-state index is 5.41. The van der Waals surface area contributed by atoms with Crippen molar-refractivity contribution in [1.82, 2.24) is 15.0 Å². The maximum Gasteiger partial charge on any atom is 0.321 e. The molecule has 1 aromatic heterocycles. The van der Waals surface area contributed by atoms with Crippen LogP contribution in [0.3, 0.4) is 0 Å². The van der Waals surface area contributed by atoms with Crippen LogP contribution in [0.1, 0.15) is 6.92 Å². The zero-order chi connectivity index (χ0) is 15.2. The van der Waals surface area contributed by atoms with Crippen molar-refractivity contribution in [2.45, 2.75) is 6.92 Å². The summed E-state index contributed by atoms with van der Waals surface area (Å²) in [5.41, 5.74) is 0.705. The number of nitrogens with zero attached hydrogens (tertiary/aromatic N) is 3. The number of nitrogens with one attached hydrogen (secondary N) is 1. The van der Waals surface area contributed by atoms with Gasteiger partial charge in [0, 0.05) is 7.05 Å². The van der Waals surface area contributed by atoms with Crippen molar-refractivity contribution in [3.63, 3.8) is 0 Å². The van der Waals surface area contributed by atoms with E-state index in [4.69, 9.17) is 14.2 Å². The van der Waals surface area contributed by atoms with Gasteiger partial charge >= 0.3 is 6.01 Å². The Bertz CT molecular complexity index is 619. The van der Waals surface area contributed by atoms with E-state index < -0.39 is 0 Å². The second kappa shape index (κ2) is 6.74. The Hall–Kier alpha value is -2.57. The second-order valence-corrected chi connectivity index (χ2v) is 3.99. The fourth-order valence-electron chi connectivity index (χ4n) is 1.85. The molecular formula is C14H18N4O3. The second-order valence-electron chi connectivity index (χ2n) is 3.99. The zero-order valence-electron chi connectivity index (χ0n) is 12.5. The molecule has 0 amide bonds. The molecular weight excluding hydrogens is 272 g/mol. The molecule has 0 fully saturated rings. The minimum atomic E-state index is 0.261. The Morgan fingerprint density at radius 1 is 1.10 bits per heavy atom. The van der Waals surface area contributed by atoms with Crippen molar-refractivity contribution in [1.29, 1.82) is 0 Å². The number of rotatable bonds is 6. The Balaban J connectivity index is 2.57. The molecule has 2 rings (SSSR count). The van der Waals surface area contributed by atoms with Gasteiger partial charge in [-0.05, 0) is 19.1 Å². The molecule has 112 valence electrons. The molecule has 0 aliphatic rings. The van der Waals surface area contributed by atoms with E-state index in [2.05, 4.69) is 20.3 Å². The molecule has 1 aromatic carbocycles. The smallest absolute Gasteiger partial charge is 0.321 e. The number of hydrogen-bond acceptors (Lipinski definition) is 7. The van der Waals surface area contributed by atoms with E-state index in [0.29, 0.717) is 35.4 Å². The number of hydrogen-bond donors (Lipinski definition) is 1. The minimum Gasteiger partial charge on any atom is -0.493 e. The number of benzene rings is 1. The lowest BCUT2D eigenvalue weighted by Gasteiger charge is -2.12. The van der Waals surface area contributed by atoms with Gasteiger partial charge in [0.2, 0.25) is 5.95 Å². The summed E-state index contributed by atoms with van der Waals surface area (Å²) in [5.74, 6) is 2.05. The van der Waals surface area contributed by atoms with E-state index >= 15 is 0 Å². The first-order valence-electron chi connectivity index (χ1n) is 6.51. The highest BCUT2D eigenvalue weighted by molar-refractivity contribution is 5.69. The molecule has 7 heteroatoms. The summed E-state index contributed by atoms with van der Waals surface area (Å²) in [4.78, 5) is 12.8. The van der Waals surface area contributed by atoms with Crippen LogP contribution in [0.4, 0.5) is 5.95 Å². The molecule has 1 N–H and O–H groups in total. The molecule has 0 atom stereocenters.